The van der Waals surface area contributed by atoms with Gasteiger partial charge in [-0.3, -0.25) is 4.79 Å². The second-order valence-corrected chi connectivity index (χ2v) is 5.03. The summed E-state index contributed by atoms with van der Waals surface area (Å²) < 4.78 is 0. The quantitative estimate of drug-likeness (QED) is 0.757. The van der Waals surface area contributed by atoms with E-state index in [1.54, 1.807) is 24.4 Å². The SMILES string of the molecule is C=C/C=C(\C=C)C(C)NC(=O)C(C)Cc1ccnc(N)c1. The largest absolute Gasteiger partial charge is 0.384 e. The summed E-state index contributed by atoms with van der Waals surface area (Å²) in [6.45, 7) is 11.2. The molecule has 4 nitrogen and oxygen atoms in total. The predicted octanol–water partition coefficient (Wildman–Crippen LogP) is 2.65. The minimum Gasteiger partial charge on any atom is -0.384 e. The summed E-state index contributed by atoms with van der Waals surface area (Å²) >= 11 is 0. The molecule has 2 atom stereocenters. The maximum atomic E-state index is 12.2. The van der Waals surface area contributed by atoms with Crippen molar-refractivity contribution in [2.75, 3.05) is 5.73 Å². The van der Waals surface area contributed by atoms with Crippen LogP contribution in [0.1, 0.15) is 19.4 Å². The molecule has 2 unspecified atom stereocenters. The minimum absolute atomic E-state index is 0.00491. The Balaban J connectivity index is 2.64. The summed E-state index contributed by atoms with van der Waals surface area (Å²) in [6.07, 6.45) is 7.52. The minimum atomic E-state index is -0.149. The van der Waals surface area contributed by atoms with Crippen molar-refractivity contribution < 1.29 is 4.79 Å². The van der Waals surface area contributed by atoms with Crippen LogP contribution in [-0.4, -0.2) is 16.9 Å². The normalized spacial score (nSPS) is 14.1. The van der Waals surface area contributed by atoms with Gasteiger partial charge >= 0.3 is 0 Å². The van der Waals surface area contributed by atoms with Crippen molar-refractivity contribution in [2.45, 2.75) is 26.3 Å². The molecule has 0 saturated heterocycles. The molecule has 0 spiro atoms. The van der Waals surface area contributed by atoms with Gasteiger partial charge in [0.05, 0.1) is 6.04 Å². The molecule has 21 heavy (non-hydrogen) atoms. The lowest BCUT2D eigenvalue weighted by Crippen LogP contribution is -2.37. The number of hydrogen-bond donors (Lipinski definition) is 2. The smallest absolute Gasteiger partial charge is 0.223 e. The van der Waals surface area contributed by atoms with Crippen LogP contribution in [0.3, 0.4) is 0 Å². The molecule has 0 aliphatic carbocycles. The van der Waals surface area contributed by atoms with Crippen molar-refractivity contribution >= 4 is 11.7 Å². The first-order valence-electron chi connectivity index (χ1n) is 6.93. The van der Waals surface area contributed by atoms with E-state index < -0.39 is 0 Å². The number of rotatable bonds is 7. The van der Waals surface area contributed by atoms with E-state index in [1.807, 2.05) is 26.0 Å². The van der Waals surface area contributed by atoms with E-state index in [0.29, 0.717) is 12.2 Å². The predicted molar refractivity (Wildman–Crippen MR) is 87.6 cm³/mol. The number of carbonyl (C=O) groups excluding carboxylic acids is 1. The van der Waals surface area contributed by atoms with E-state index in [1.165, 1.54) is 0 Å². The van der Waals surface area contributed by atoms with Crippen LogP contribution < -0.4 is 11.1 Å². The van der Waals surface area contributed by atoms with Crippen molar-refractivity contribution in [3.8, 4) is 0 Å². The van der Waals surface area contributed by atoms with E-state index >= 15 is 0 Å². The maximum Gasteiger partial charge on any atom is 0.223 e. The average molecular weight is 285 g/mol. The zero-order chi connectivity index (χ0) is 15.8. The van der Waals surface area contributed by atoms with Crippen LogP contribution in [0.5, 0.6) is 0 Å². The topological polar surface area (TPSA) is 68.0 Å². The number of nitrogen functional groups attached to an aromatic ring is 1. The van der Waals surface area contributed by atoms with Gasteiger partial charge in [-0.05, 0) is 36.6 Å². The molecule has 0 aliphatic rings. The fraction of sp³-hybridized carbons (Fsp3) is 0.294. The monoisotopic (exact) mass is 285 g/mol. The molecule has 0 aromatic carbocycles. The molecule has 0 aliphatic heterocycles. The molecule has 1 rings (SSSR count). The van der Waals surface area contributed by atoms with Crippen LogP contribution in [0.2, 0.25) is 0 Å². The number of amides is 1. The molecule has 0 saturated carbocycles. The van der Waals surface area contributed by atoms with Gasteiger partial charge in [0.1, 0.15) is 5.82 Å². The molecule has 0 fully saturated rings. The van der Waals surface area contributed by atoms with E-state index in [2.05, 4.69) is 23.5 Å². The Morgan fingerprint density at radius 1 is 1.48 bits per heavy atom. The van der Waals surface area contributed by atoms with Crippen molar-refractivity contribution in [1.29, 1.82) is 0 Å². The summed E-state index contributed by atoms with van der Waals surface area (Å²) in [4.78, 5) is 16.2. The third-order valence-electron chi connectivity index (χ3n) is 3.24. The molecule has 1 aromatic heterocycles. The Kier molecular flexibility index (Phi) is 6.40. The number of hydrogen-bond acceptors (Lipinski definition) is 3. The number of nitrogens with one attached hydrogen (secondary N) is 1. The Hall–Kier alpha value is -2.36. The number of aromatic nitrogens is 1. The molecule has 112 valence electrons. The van der Waals surface area contributed by atoms with E-state index in [4.69, 9.17) is 5.73 Å². The van der Waals surface area contributed by atoms with Gasteiger partial charge in [0.2, 0.25) is 5.91 Å². The second-order valence-electron chi connectivity index (χ2n) is 5.03. The van der Waals surface area contributed by atoms with Crippen LogP contribution in [0, 0.1) is 5.92 Å². The van der Waals surface area contributed by atoms with Gasteiger partial charge in [-0.25, -0.2) is 4.98 Å². The average Bonchev–Trinajstić information content (AvgIpc) is 2.44. The van der Waals surface area contributed by atoms with Gasteiger partial charge in [0.15, 0.2) is 0 Å². The van der Waals surface area contributed by atoms with E-state index in [9.17, 15) is 4.79 Å². The molecule has 4 heteroatoms. The number of nitrogens with zero attached hydrogens (tertiary/aromatic N) is 1. The Labute approximate surface area is 126 Å². The van der Waals surface area contributed by atoms with Gasteiger partial charge in [-0.1, -0.05) is 38.3 Å². The third kappa shape index (κ3) is 5.26. The molecule has 3 N–H and O–H groups in total. The highest BCUT2D eigenvalue weighted by Gasteiger charge is 2.16. The molecule has 0 radical (unpaired) electrons. The number of pyridine rings is 1. The summed E-state index contributed by atoms with van der Waals surface area (Å²) in [7, 11) is 0. The summed E-state index contributed by atoms with van der Waals surface area (Å²) in [5, 5.41) is 2.98. The highest BCUT2D eigenvalue weighted by molar-refractivity contribution is 5.79. The summed E-state index contributed by atoms with van der Waals surface area (Å²) in [5.74, 6) is 0.315. The highest BCUT2D eigenvalue weighted by atomic mass is 16.1. The standard InChI is InChI=1S/C17H23N3O/c1-5-7-15(6-2)13(4)20-17(21)12(3)10-14-8-9-19-16(18)11-14/h5-9,11-13H,1-2,10H2,3-4H3,(H2,18,19)(H,20,21)/b15-7+. The maximum absolute atomic E-state index is 12.2. The van der Waals surface area contributed by atoms with Crippen LogP contribution in [-0.2, 0) is 11.2 Å². The van der Waals surface area contributed by atoms with E-state index in [-0.39, 0.29) is 17.9 Å². The lowest BCUT2D eigenvalue weighted by Gasteiger charge is -2.18. The number of allylic oxidation sites excluding steroid dienone is 2. The van der Waals surface area contributed by atoms with Gasteiger partial charge in [0, 0.05) is 12.1 Å². The van der Waals surface area contributed by atoms with Crippen LogP contribution in [0.15, 0.2) is 55.3 Å². The Morgan fingerprint density at radius 3 is 2.76 bits per heavy atom. The molecular formula is C17H23N3O. The fourth-order valence-corrected chi connectivity index (χ4v) is 2.03. The Morgan fingerprint density at radius 2 is 2.19 bits per heavy atom. The van der Waals surface area contributed by atoms with Crippen molar-refractivity contribution in [3.63, 3.8) is 0 Å². The number of anilines is 1. The van der Waals surface area contributed by atoms with Gasteiger partial charge < -0.3 is 11.1 Å². The first-order chi connectivity index (χ1) is 9.97. The first-order valence-corrected chi connectivity index (χ1v) is 6.93. The zero-order valence-corrected chi connectivity index (χ0v) is 12.7. The fourth-order valence-electron chi connectivity index (χ4n) is 2.03. The van der Waals surface area contributed by atoms with Gasteiger partial charge in [-0.15, -0.1) is 0 Å². The molecule has 1 aromatic rings. The van der Waals surface area contributed by atoms with Crippen molar-refractivity contribution in [2.24, 2.45) is 5.92 Å². The summed E-state index contributed by atoms with van der Waals surface area (Å²) in [5.41, 5.74) is 7.58. The van der Waals surface area contributed by atoms with E-state index in [0.717, 1.165) is 11.1 Å². The van der Waals surface area contributed by atoms with Crippen LogP contribution in [0.25, 0.3) is 0 Å². The zero-order valence-electron chi connectivity index (χ0n) is 12.7. The van der Waals surface area contributed by atoms with Crippen molar-refractivity contribution in [3.05, 3.63) is 60.9 Å². The third-order valence-corrected chi connectivity index (χ3v) is 3.24. The molecule has 1 amide bonds. The summed E-state index contributed by atoms with van der Waals surface area (Å²) in [6, 6.07) is 3.56. The molecule has 0 bridgehead atoms. The lowest BCUT2D eigenvalue weighted by molar-refractivity contribution is -0.124. The van der Waals surface area contributed by atoms with Gasteiger partial charge in [-0.2, -0.15) is 0 Å². The first kappa shape index (κ1) is 16.7. The molecular weight excluding hydrogens is 262 g/mol. The van der Waals surface area contributed by atoms with Crippen LogP contribution in [0.4, 0.5) is 5.82 Å². The highest BCUT2D eigenvalue weighted by Crippen LogP contribution is 2.12. The van der Waals surface area contributed by atoms with Gasteiger partial charge in [0.25, 0.3) is 0 Å². The number of carbonyl (C=O) groups is 1. The van der Waals surface area contributed by atoms with Crippen molar-refractivity contribution in [1.82, 2.24) is 10.3 Å². The lowest BCUT2D eigenvalue weighted by atomic mass is 10.00. The molecule has 1 heterocycles. The number of nitrogens with two attached hydrogens (primary N) is 1. The Bertz CT molecular complexity index is 549. The second kappa shape index (κ2) is 8.04. The van der Waals surface area contributed by atoms with Crippen LogP contribution >= 0.6 is 0 Å².